The summed E-state index contributed by atoms with van der Waals surface area (Å²) in [5, 5.41) is 3.87. The fourth-order valence-corrected chi connectivity index (χ4v) is 2.66. The third-order valence-corrected chi connectivity index (χ3v) is 3.91. The molecule has 1 aromatic rings. The van der Waals surface area contributed by atoms with Crippen LogP contribution in [-0.4, -0.2) is 12.3 Å². The van der Waals surface area contributed by atoms with Crippen LogP contribution in [0.4, 0.5) is 0 Å². The van der Waals surface area contributed by atoms with Gasteiger partial charge < -0.3 is 5.73 Å². The minimum absolute atomic E-state index is 0.138. The second-order valence-corrected chi connectivity index (χ2v) is 4.95. The lowest BCUT2D eigenvalue weighted by Crippen LogP contribution is -2.39. The topological polar surface area (TPSA) is 43.1 Å². The minimum atomic E-state index is 0.138. The third kappa shape index (κ3) is 1.74. The van der Waals surface area contributed by atoms with E-state index in [1.165, 1.54) is 6.42 Å². The molecule has 1 heterocycles. The van der Waals surface area contributed by atoms with Gasteiger partial charge in [0.15, 0.2) is 5.78 Å². The molecule has 1 fully saturated rings. The van der Waals surface area contributed by atoms with Crippen molar-refractivity contribution in [3.8, 4) is 0 Å². The highest BCUT2D eigenvalue weighted by atomic mass is 32.1. The first-order valence-electron chi connectivity index (χ1n) is 5.01. The Labute approximate surface area is 88.1 Å². The van der Waals surface area contributed by atoms with Crippen molar-refractivity contribution in [2.24, 2.45) is 11.1 Å². The second-order valence-electron chi connectivity index (χ2n) is 4.17. The van der Waals surface area contributed by atoms with Gasteiger partial charge in [-0.25, -0.2) is 0 Å². The number of carbonyl (C=O) groups is 1. The number of rotatable bonds is 4. The Morgan fingerprint density at radius 2 is 2.36 bits per heavy atom. The van der Waals surface area contributed by atoms with Gasteiger partial charge in [-0.2, -0.15) is 11.3 Å². The van der Waals surface area contributed by atoms with Gasteiger partial charge in [-0.05, 0) is 36.2 Å². The molecular weight excluding hydrogens is 194 g/mol. The molecule has 2 rings (SSSR count). The Balaban J connectivity index is 2.01. The first-order valence-corrected chi connectivity index (χ1v) is 5.96. The van der Waals surface area contributed by atoms with Crippen LogP contribution < -0.4 is 5.73 Å². The summed E-state index contributed by atoms with van der Waals surface area (Å²) in [6, 6.07) is 1.90. The highest BCUT2D eigenvalue weighted by Crippen LogP contribution is 2.43. The molecule has 76 valence electrons. The lowest BCUT2D eigenvalue weighted by molar-refractivity contribution is 0.0786. The minimum Gasteiger partial charge on any atom is -0.330 e. The van der Waals surface area contributed by atoms with Crippen LogP contribution >= 0.6 is 11.3 Å². The van der Waals surface area contributed by atoms with Crippen molar-refractivity contribution in [3.63, 3.8) is 0 Å². The quantitative estimate of drug-likeness (QED) is 0.774. The van der Waals surface area contributed by atoms with Crippen molar-refractivity contribution < 1.29 is 4.79 Å². The first-order chi connectivity index (χ1) is 6.76. The molecule has 0 amide bonds. The molecule has 1 aliphatic rings. The molecular formula is C11H15NOS. The Kier molecular flexibility index (Phi) is 2.70. The van der Waals surface area contributed by atoms with Gasteiger partial charge in [0, 0.05) is 17.4 Å². The number of nitrogens with two attached hydrogens (primary N) is 1. The first kappa shape index (κ1) is 9.87. The van der Waals surface area contributed by atoms with Crippen LogP contribution in [0.5, 0.6) is 0 Å². The SMILES string of the molecule is NCC1(CC(=O)c2ccsc2)CCC1. The van der Waals surface area contributed by atoms with Crippen LogP contribution in [0.1, 0.15) is 36.0 Å². The fourth-order valence-electron chi connectivity index (χ4n) is 2.00. The van der Waals surface area contributed by atoms with Gasteiger partial charge in [0.2, 0.25) is 0 Å². The molecule has 0 bridgehead atoms. The monoisotopic (exact) mass is 209 g/mol. The fraction of sp³-hybridized carbons (Fsp3) is 0.545. The van der Waals surface area contributed by atoms with Crippen molar-refractivity contribution in [1.82, 2.24) is 0 Å². The standard InChI is InChI=1S/C11H15NOS/c12-8-11(3-1-4-11)6-10(13)9-2-5-14-7-9/h2,5,7H,1,3-4,6,8,12H2. The number of hydrogen-bond donors (Lipinski definition) is 1. The van der Waals surface area contributed by atoms with Gasteiger partial charge >= 0.3 is 0 Å². The summed E-state index contributed by atoms with van der Waals surface area (Å²) in [6.07, 6.45) is 4.12. The molecule has 1 saturated carbocycles. The lowest BCUT2D eigenvalue weighted by atomic mass is 9.65. The van der Waals surface area contributed by atoms with E-state index in [9.17, 15) is 4.79 Å². The van der Waals surface area contributed by atoms with Crippen LogP contribution in [0.3, 0.4) is 0 Å². The normalized spacial score (nSPS) is 18.9. The molecule has 0 radical (unpaired) electrons. The van der Waals surface area contributed by atoms with Crippen LogP contribution in [-0.2, 0) is 0 Å². The molecule has 2 nitrogen and oxygen atoms in total. The zero-order chi connectivity index (χ0) is 10.0. The predicted octanol–water partition coefficient (Wildman–Crippen LogP) is 2.45. The molecule has 0 saturated heterocycles. The molecule has 1 aromatic heterocycles. The lowest BCUT2D eigenvalue weighted by Gasteiger charge is -2.40. The van der Waals surface area contributed by atoms with Gasteiger partial charge in [-0.15, -0.1) is 0 Å². The van der Waals surface area contributed by atoms with Crippen LogP contribution in [0.25, 0.3) is 0 Å². The molecule has 0 aliphatic heterocycles. The highest BCUT2D eigenvalue weighted by Gasteiger charge is 2.37. The van der Waals surface area contributed by atoms with Crippen LogP contribution in [0, 0.1) is 5.41 Å². The summed E-state index contributed by atoms with van der Waals surface area (Å²) in [4.78, 5) is 11.8. The second kappa shape index (κ2) is 3.83. The molecule has 0 unspecified atom stereocenters. The number of thiophene rings is 1. The Hall–Kier alpha value is -0.670. The molecule has 1 aliphatic carbocycles. The smallest absolute Gasteiger partial charge is 0.164 e. The summed E-state index contributed by atoms with van der Waals surface area (Å²) in [5.74, 6) is 0.261. The van der Waals surface area contributed by atoms with Crippen molar-refractivity contribution in [2.75, 3.05) is 6.54 Å². The summed E-state index contributed by atoms with van der Waals surface area (Å²) in [6.45, 7) is 0.656. The number of hydrogen-bond acceptors (Lipinski definition) is 3. The van der Waals surface area contributed by atoms with E-state index in [4.69, 9.17) is 5.73 Å². The Morgan fingerprint density at radius 3 is 2.79 bits per heavy atom. The molecule has 0 atom stereocenters. The number of ketones is 1. The average Bonchev–Trinajstić information content (AvgIpc) is 2.63. The molecule has 0 aromatic carbocycles. The Bertz CT molecular complexity index is 309. The maximum absolute atomic E-state index is 11.8. The molecule has 3 heteroatoms. The van der Waals surface area contributed by atoms with Gasteiger partial charge in [0.1, 0.15) is 0 Å². The van der Waals surface area contributed by atoms with Crippen molar-refractivity contribution in [3.05, 3.63) is 22.4 Å². The average molecular weight is 209 g/mol. The van der Waals surface area contributed by atoms with Crippen LogP contribution in [0.2, 0.25) is 0 Å². The largest absolute Gasteiger partial charge is 0.330 e. The van der Waals surface area contributed by atoms with Crippen molar-refractivity contribution >= 4 is 17.1 Å². The summed E-state index contributed by atoms with van der Waals surface area (Å²) < 4.78 is 0. The number of Topliss-reactive ketones (excluding diaryl/α,β-unsaturated/α-hetero) is 1. The molecule has 14 heavy (non-hydrogen) atoms. The maximum Gasteiger partial charge on any atom is 0.164 e. The maximum atomic E-state index is 11.8. The van der Waals surface area contributed by atoms with E-state index in [2.05, 4.69) is 0 Å². The van der Waals surface area contributed by atoms with E-state index < -0.39 is 0 Å². The van der Waals surface area contributed by atoms with Crippen molar-refractivity contribution in [1.29, 1.82) is 0 Å². The van der Waals surface area contributed by atoms with E-state index in [1.54, 1.807) is 11.3 Å². The van der Waals surface area contributed by atoms with E-state index >= 15 is 0 Å². The summed E-state index contributed by atoms with van der Waals surface area (Å²) in [7, 11) is 0. The van der Waals surface area contributed by atoms with Gasteiger partial charge in [-0.3, -0.25) is 4.79 Å². The summed E-state index contributed by atoms with van der Waals surface area (Å²) in [5.41, 5.74) is 6.72. The van der Waals surface area contributed by atoms with Crippen molar-refractivity contribution in [2.45, 2.75) is 25.7 Å². The predicted molar refractivity (Wildman–Crippen MR) is 58.6 cm³/mol. The van der Waals surface area contributed by atoms with E-state index in [1.807, 2.05) is 16.8 Å². The van der Waals surface area contributed by atoms with Crippen LogP contribution in [0.15, 0.2) is 16.8 Å². The molecule has 0 spiro atoms. The van der Waals surface area contributed by atoms with Gasteiger partial charge in [-0.1, -0.05) is 6.42 Å². The summed E-state index contributed by atoms with van der Waals surface area (Å²) >= 11 is 1.58. The highest BCUT2D eigenvalue weighted by molar-refractivity contribution is 7.08. The number of carbonyl (C=O) groups excluding carboxylic acids is 1. The van der Waals surface area contributed by atoms with E-state index in [-0.39, 0.29) is 11.2 Å². The zero-order valence-corrected chi connectivity index (χ0v) is 8.98. The zero-order valence-electron chi connectivity index (χ0n) is 8.16. The third-order valence-electron chi connectivity index (χ3n) is 3.23. The van der Waals surface area contributed by atoms with E-state index in [0.717, 1.165) is 18.4 Å². The van der Waals surface area contributed by atoms with Gasteiger partial charge in [0.25, 0.3) is 0 Å². The molecule has 2 N–H and O–H groups in total. The van der Waals surface area contributed by atoms with Gasteiger partial charge in [0.05, 0.1) is 0 Å². The van der Waals surface area contributed by atoms with E-state index in [0.29, 0.717) is 13.0 Å². The Morgan fingerprint density at radius 1 is 1.57 bits per heavy atom.